The minimum absolute atomic E-state index is 0.0518. The quantitative estimate of drug-likeness (QED) is 0.881. The molecule has 1 aromatic carbocycles. The summed E-state index contributed by atoms with van der Waals surface area (Å²) in [6, 6.07) is 5.06. The molecule has 2 fully saturated rings. The molecule has 2 saturated heterocycles. The lowest BCUT2D eigenvalue weighted by atomic mass is 10.1. The van der Waals surface area contributed by atoms with E-state index >= 15 is 0 Å². The third-order valence-corrected chi connectivity index (χ3v) is 7.32. The zero-order valence-electron chi connectivity index (χ0n) is 14.8. The number of sulfonamides is 1. The van der Waals surface area contributed by atoms with Gasteiger partial charge in [0.15, 0.2) is 0 Å². The van der Waals surface area contributed by atoms with Crippen molar-refractivity contribution in [2.45, 2.75) is 50.0 Å². The molecule has 0 aliphatic carbocycles. The van der Waals surface area contributed by atoms with E-state index in [9.17, 15) is 13.2 Å². The molecule has 1 atom stereocenters. The van der Waals surface area contributed by atoms with Crippen LogP contribution in [0.1, 0.15) is 48.0 Å². The van der Waals surface area contributed by atoms with Gasteiger partial charge in [0.1, 0.15) is 0 Å². The molecule has 6 nitrogen and oxygen atoms in total. The van der Waals surface area contributed by atoms with Crippen molar-refractivity contribution in [2.24, 2.45) is 5.73 Å². The van der Waals surface area contributed by atoms with Crippen molar-refractivity contribution in [1.29, 1.82) is 0 Å². The summed E-state index contributed by atoms with van der Waals surface area (Å²) in [6.45, 7) is 4.02. The van der Waals surface area contributed by atoms with Crippen LogP contribution in [0, 0.1) is 6.92 Å². The zero-order chi connectivity index (χ0) is 18.0. The molecule has 0 bridgehead atoms. The molecule has 1 aromatic rings. The lowest BCUT2D eigenvalue weighted by molar-refractivity contribution is 0.0741. The first-order valence-corrected chi connectivity index (χ1v) is 10.5. The van der Waals surface area contributed by atoms with Gasteiger partial charge in [0.25, 0.3) is 5.91 Å². The maximum atomic E-state index is 13.0. The molecule has 2 aliphatic rings. The van der Waals surface area contributed by atoms with Gasteiger partial charge in [-0.2, -0.15) is 4.31 Å². The van der Waals surface area contributed by atoms with Crippen molar-refractivity contribution >= 4 is 15.9 Å². The minimum Gasteiger partial charge on any atom is -0.334 e. The Labute approximate surface area is 150 Å². The van der Waals surface area contributed by atoms with E-state index in [4.69, 9.17) is 5.73 Å². The fourth-order valence-electron chi connectivity index (χ4n) is 3.77. The molecule has 0 saturated carbocycles. The Hall–Kier alpha value is -1.44. The maximum Gasteiger partial charge on any atom is 0.254 e. The molecule has 2 heterocycles. The predicted octanol–water partition coefficient (Wildman–Crippen LogP) is 1.73. The fraction of sp³-hybridized carbons (Fsp3) is 0.611. The van der Waals surface area contributed by atoms with E-state index in [-0.39, 0.29) is 16.8 Å². The first kappa shape index (κ1) is 18.4. The van der Waals surface area contributed by atoms with Crippen LogP contribution in [0.15, 0.2) is 23.1 Å². The number of rotatable bonds is 4. The highest BCUT2D eigenvalue weighted by molar-refractivity contribution is 7.89. The Morgan fingerprint density at radius 3 is 2.56 bits per heavy atom. The molecule has 25 heavy (non-hydrogen) atoms. The van der Waals surface area contributed by atoms with Crippen molar-refractivity contribution in [3.63, 3.8) is 0 Å². The van der Waals surface area contributed by atoms with Crippen molar-refractivity contribution in [3.8, 4) is 0 Å². The molecule has 7 heteroatoms. The summed E-state index contributed by atoms with van der Waals surface area (Å²) in [5, 5.41) is 0. The number of hydrogen-bond acceptors (Lipinski definition) is 4. The summed E-state index contributed by atoms with van der Waals surface area (Å²) in [4.78, 5) is 14.9. The normalized spacial score (nSPS) is 22.3. The van der Waals surface area contributed by atoms with Crippen LogP contribution in [-0.2, 0) is 10.0 Å². The van der Waals surface area contributed by atoms with Gasteiger partial charge in [0.2, 0.25) is 10.0 Å². The van der Waals surface area contributed by atoms with E-state index in [0.717, 1.165) is 32.1 Å². The minimum atomic E-state index is -3.55. The third-order valence-electron chi connectivity index (χ3n) is 5.28. The highest BCUT2D eigenvalue weighted by Gasteiger charge is 2.31. The molecule has 138 valence electrons. The van der Waals surface area contributed by atoms with E-state index in [2.05, 4.69) is 0 Å². The lowest BCUT2D eigenvalue weighted by Gasteiger charge is -2.27. The number of likely N-dealkylation sites (tertiary alicyclic amines) is 1. The SMILES string of the molecule is Cc1ccc(C(=O)N2CCCC2CN)cc1S(=O)(=O)N1CCCCC1. The van der Waals surface area contributed by atoms with Gasteiger partial charge in [0, 0.05) is 37.8 Å². The number of amides is 1. The van der Waals surface area contributed by atoms with Crippen LogP contribution < -0.4 is 5.73 Å². The van der Waals surface area contributed by atoms with Gasteiger partial charge in [-0.15, -0.1) is 0 Å². The number of carbonyl (C=O) groups excluding carboxylic acids is 1. The Morgan fingerprint density at radius 1 is 1.16 bits per heavy atom. The Balaban J connectivity index is 1.91. The third kappa shape index (κ3) is 3.59. The van der Waals surface area contributed by atoms with Gasteiger partial charge in [-0.25, -0.2) is 8.42 Å². The summed E-state index contributed by atoms with van der Waals surface area (Å²) >= 11 is 0. The summed E-state index contributed by atoms with van der Waals surface area (Å²) in [5.41, 5.74) is 6.88. The Morgan fingerprint density at radius 2 is 1.88 bits per heavy atom. The van der Waals surface area contributed by atoms with Crippen LogP contribution in [0.3, 0.4) is 0 Å². The van der Waals surface area contributed by atoms with E-state index in [1.54, 1.807) is 34.3 Å². The number of benzene rings is 1. The molecule has 0 spiro atoms. The van der Waals surface area contributed by atoms with Crippen LogP contribution in [0.4, 0.5) is 0 Å². The van der Waals surface area contributed by atoms with Gasteiger partial charge >= 0.3 is 0 Å². The molecule has 3 rings (SSSR count). The number of hydrogen-bond donors (Lipinski definition) is 1. The summed E-state index contributed by atoms with van der Waals surface area (Å²) in [5.74, 6) is -0.122. The second kappa shape index (κ2) is 7.43. The molecular weight excluding hydrogens is 338 g/mol. The van der Waals surface area contributed by atoms with E-state index in [1.165, 1.54) is 0 Å². The first-order chi connectivity index (χ1) is 11.9. The van der Waals surface area contributed by atoms with E-state index in [1.807, 2.05) is 0 Å². The van der Waals surface area contributed by atoms with E-state index in [0.29, 0.717) is 37.3 Å². The van der Waals surface area contributed by atoms with Crippen molar-refractivity contribution < 1.29 is 13.2 Å². The van der Waals surface area contributed by atoms with Crippen molar-refractivity contribution in [3.05, 3.63) is 29.3 Å². The number of aryl methyl sites for hydroxylation is 1. The Bertz CT molecular complexity index is 742. The second-order valence-corrected chi connectivity index (χ2v) is 8.88. The topological polar surface area (TPSA) is 83.7 Å². The number of nitrogens with two attached hydrogens (primary N) is 1. The first-order valence-electron chi connectivity index (χ1n) is 9.07. The van der Waals surface area contributed by atoms with E-state index < -0.39 is 10.0 Å². The smallest absolute Gasteiger partial charge is 0.254 e. The Kier molecular flexibility index (Phi) is 5.46. The van der Waals surface area contributed by atoms with Gasteiger partial charge < -0.3 is 10.6 Å². The van der Waals surface area contributed by atoms with Crippen LogP contribution >= 0.6 is 0 Å². The molecule has 0 aromatic heterocycles. The predicted molar refractivity (Wildman–Crippen MR) is 96.9 cm³/mol. The highest BCUT2D eigenvalue weighted by Crippen LogP contribution is 2.26. The standard InChI is InChI=1S/C18H27N3O3S/c1-14-7-8-15(18(22)21-11-5-6-16(21)13-19)12-17(14)25(23,24)20-9-3-2-4-10-20/h7-8,12,16H,2-6,9-11,13,19H2,1H3. The molecular formula is C18H27N3O3S. The van der Waals surface area contributed by atoms with Crippen LogP contribution in [0.5, 0.6) is 0 Å². The van der Waals surface area contributed by atoms with Gasteiger partial charge in [-0.1, -0.05) is 12.5 Å². The summed E-state index contributed by atoms with van der Waals surface area (Å²) < 4.78 is 27.6. The van der Waals surface area contributed by atoms with Gasteiger partial charge in [-0.3, -0.25) is 4.79 Å². The van der Waals surface area contributed by atoms with Crippen LogP contribution in [-0.4, -0.2) is 55.8 Å². The highest BCUT2D eigenvalue weighted by atomic mass is 32.2. The number of nitrogens with zero attached hydrogens (tertiary/aromatic N) is 2. The molecule has 2 aliphatic heterocycles. The monoisotopic (exact) mass is 365 g/mol. The molecule has 2 N–H and O–H groups in total. The van der Waals surface area contributed by atoms with Crippen LogP contribution in [0.25, 0.3) is 0 Å². The molecule has 0 radical (unpaired) electrons. The van der Waals surface area contributed by atoms with Crippen LogP contribution in [0.2, 0.25) is 0 Å². The fourth-order valence-corrected chi connectivity index (χ4v) is 5.54. The number of carbonyl (C=O) groups is 1. The van der Waals surface area contributed by atoms with Crippen molar-refractivity contribution in [2.75, 3.05) is 26.2 Å². The maximum absolute atomic E-state index is 13.0. The molecule has 1 unspecified atom stereocenters. The van der Waals surface area contributed by atoms with Gasteiger partial charge in [0.05, 0.1) is 4.90 Å². The van der Waals surface area contributed by atoms with Crippen molar-refractivity contribution in [1.82, 2.24) is 9.21 Å². The molecule has 1 amide bonds. The second-order valence-electron chi connectivity index (χ2n) is 6.98. The van der Waals surface area contributed by atoms with Gasteiger partial charge in [-0.05, 0) is 50.3 Å². The average molecular weight is 365 g/mol. The largest absolute Gasteiger partial charge is 0.334 e. The number of piperidine rings is 1. The summed E-state index contributed by atoms with van der Waals surface area (Å²) in [7, 11) is -3.55. The average Bonchev–Trinajstić information content (AvgIpc) is 3.11. The summed E-state index contributed by atoms with van der Waals surface area (Å²) in [6.07, 6.45) is 4.70. The zero-order valence-corrected chi connectivity index (χ0v) is 15.6. The lowest BCUT2D eigenvalue weighted by Crippen LogP contribution is -2.40.